The van der Waals surface area contributed by atoms with Crippen LogP contribution < -0.4 is 5.32 Å². The molecule has 0 unspecified atom stereocenters. The summed E-state index contributed by atoms with van der Waals surface area (Å²) in [5.41, 5.74) is 0.976. The van der Waals surface area contributed by atoms with Gasteiger partial charge in [0.05, 0.1) is 18.9 Å². The van der Waals surface area contributed by atoms with Crippen molar-refractivity contribution in [2.24, 2.45) is 0 Å². The summed E-state index contributed by atoms with van der Waals surface area (Å²) in [6.45, 7) is 11.7. The summed E-state index contributed by atoms with van der Waals surface area (Å²) in [5, 5.41) is 7.37. The second kappa shape index (κ2) is 9.10. The van der Waals surface area contributed by atoms with Crippen LogP contribution in [0.3, 0.4) is 0 Å². The average Bonchev–Trinajstić information content (AvgIpc) is 2.82. The number of nitrogens with zero attached hydrogens (tertiary/aromatic N) is 1. The molecule has 0 atom stereocenters. The highest BCUT2D eigenvalue weighted by Crippen LogP contribution is 2.07. The van der Waals surface area contributed by atoms with Crippen molar-refractivity contribution in [3.05, 3.63) is 17.5 Å². The van der Waals surface area contributed by atoms with E-state index in [2.05, 4.69) is 38.2 Å². The molecule has 20 heavy (non-hydrogen) atoms. The van der Waals surface area contributed by atoms with Gasteiger partial charge in [-0.2, -0.15) is 0 Å². The zero-order chi connectivity index (χ0) is 14.8. The van der Waals surface area contributed by atoms with Crippen molar-refractivity contribution >= 4 is 0 Å². The molecule has 0 aromatic carbocycles. The Kier molecular flexibility index (Phi) is 7.80. The van der Waals surface area contributed by atoms with Crippen LogP contribution in [0, 0.1) is 0 Å². The molecule has 0 saturated heterocycles. The normalized spacial score (nSPS) is 12.0. The predicted octanol–water partition coefficient (Wildman–Crippen LogP) is 2.90. The summed E-state index contributed by atoms with van der Waals surface area (Å²) in [6, 6.07) is 1.93. The standard InChI is InChI=1S/C15H28N2O3/c1-5-6-7-18-8-9-19-12-14-10-13(17-20-14)11-16-15(2,3)4/h10,16H,5-9,11-12H2,1-4H3. The van der Waals surface area contributed by atoms with E-state index in [9.17, 15) is 0 Å². The lowest BCUT2D eigenvalue weighted by Crippen LogP contribution is -2.35. The van der Waals surface area contributed by atoms with Crippen molar-refractivity contribution in [1.29, 1.82) is 0 Å². The summed E-state index contributed by atoms with van der Waals surface area (Å²) in [7, 11) is 0. The zero-order valence-electron chi connectivity index (χ0n) is 13.2. The lowest BCUT2D eigenvalue weighted by atomic mass is 10.1. The van der Waals surface area contributed by atoms with Gasteiger partial charge in [0, 0.05) is 24.8 Å². The first-order valence-electron chi connectivity index (χ1n) is 7.36. The lowest BCUT2D eigenvalue weighted by Gasteiger charge is -2.19. The second-order valence-electron chi connectivity index (χ2n) is 5.91. The summed E-state index contributed by atoms with van der Waals surface area (Å²) in [4.78, 5) is 0. The van der Waals surface area contributed by atoms with E-state index in [0.29, 0.717) is 26.4 Å². The van der Waals surface area contributed by atoms with Crippen LogP contribution in [0.25, 0.3) is 0 Å². The molecule has 116 valence electrons. The predicted molar refractivity (Wildman–Crippen MR) is 78.5 cm³/mol. The van der Waals surface area contributed by atoms with E-state index in [1.807, 2.05) is 6.07 Å². The van der Waals surface area contributed by atoms with Crippen molar-refractivity contribution < 1.29 is 14.0 Å². The van der Waals surface area contributed by atoms with Gasteiger partial charge in [-0.05, 0) is 27.2 Å². The summed E-state index contributed by atoms with van der Waals surface area (Å²) in [6.07, 6.45) is 2.26. The molecule has 1 aromatic rings. The topological polar surface area (TPSA) is 56.5 Å². The van der Waals surface area contributed by atoms with Gasteiger partial charge in [-0.1, -0.05) is 18.5 Å². The van der Waals surface area contributed by atoms with Gasteiger partial charge in [0.2, 0.25) is 0 Å². The Hall–Kier alpha value is -0.910. The SMILES string of the molecule is CCCCOCCOCc1cc(CNC(C)(C)C)no1. The molecular weight excluding hydrogens is 256 g/mol. The maximum absolute atomic E-state index is 5.48. The second-order valence-corrected chi connectivity index (χ2v) is 5.91. The third-order valence-corrected chi connectivity index (χ3v) is 2.67. The molecular formula is C15H28N2O3. The van der Waals surface area contributed by atoms with Crippen LogP contribution in [0.4, 0.5) is 0 Å². The minimum absolute atomic E-state index is 0.0748. The molecule has 0 amide bonds. The third kappa shape index (κ3) is 8.30. The summed E-state index contributed by atoms with van der Waals surface area (Å²) < 4.78 is 16.1. The first-order valence-corrected chi connectivity index (χ1v) is 7.36. The van der Waals surface area contributed by atoms with E-state index in [1.165, 1.54) is 0 Å². The molecule has 1 rings (SSSR count). The van der Waals surface area contributed by atoms with Crippen LogP contribution in [0.15, 0.2) is 10.6 Å². The largest absolute Gasteiger partial charge is 0.379 e. The quantitative estimate of drug-likeness (QED) is 0.669. The van der Waals surface area contributed by atoms with E-state index >= 15 is 0 Å². The smallest absolute Gasteiger partial charge is 0.162 e. The van der Waals surface area contributed by atoms with Crippen LogP contribution in [0.1, 0.15) is 52.0 Å². The van der Waals surface area contributed by atoms with Crippen molar-refractivity contribution in [2.75, 3.05) is 19.8 Å². The van der Waals surface area contributed by atoms with Crippen LogP contribution in [-0.2, 0) is 22.6 Å². The average molecular weight is 284 g/mol. The monoisotopic (exact) mass is 284 g/mol. The molecule has 0 aliphatic heterocycles. The Labute approximate surface area is 122 Å². The van der Waals surface area contributed by atoms with Gasteiger partial charge in [-0.25, -0.2) is 0 Å². The molecule has 1 heterocycles. The molecule has 0 aliphatic rings. The number of hydrogen-bond acceptors (Lipinski definition) is 5. The number of hydrogen-bond donors (Lipinski definition) is 1. The van der Waals surface area contributed by atoms with E-state index in [4.69, 9.17) is 14.0 Å². The van der Waals surface area contributed by atoms with E-state index in [0.717, 1.165) is 30.9 Å². The highest BCUT2D eigenvalue weighted by molar-refractivity contribution is 5.04. The lowest BCUT2D eigenvalue weighted by molar-refractivity contribution is 0.0323. The molecule has 5 nitrogen and oxygen atoms in total. The fourth-order valence-electron chi connectivity index (χ4n) is 1.50. The molecule has 5 heteroatoms. The summed E-state index contributed by atoms with van der Waals surface area (Å²) >= 11 is 0. The van der Waals surface area contributed by atoms with Crippen molar-refractivity contribution in [3.63, 3.8) is 0 Å². The van der Waals surface area contributed by atoms with Crippen LogP contribution in [-0.4, -0.2) is 30.5 Å². The zero-order valence-corrected chi connectivity index (χ0v) is 13.2. The Morgan fingerprint density at radius 1 is 1.20 bits per heavy atom. The van der Waals surface area contributed by atoms with Gasteiger partial charge >= 0.3 is 0 Å². The van der Waals surface area contributed by atoms with Gasteiger partial charge in [0.1, 0.15) is 6.61 Å². The minimum atomic E-state index is 0.0748. The third-order valence-electron chi connectivity index (χ3n) is 2.67. The molecule has 0 bridgehead atoms. The fourth-order valence-corrected chi connectivity index (χ4v) is 1.50. The number of aromatic nitrogens is 1. The molecule has 0 fully saturated rings. The van der Waals surface area contributed by atoms with E-state index < -0.39 is 0 Å². The number of ether oxygens (including phenoxy) is 2. The van der Waals surface area contributed by atoms with Gasteiger partial charge in [0.25, 0.3) is 0 Å². The van der Waals surface area contributed by atoms with Crippen molar-refractivity contribution in [3.8, 4) is 0 Å². The summed E-state index contributed by atoms with van der Waals surface area (Å²) in [5.74, 6) is 0.754. The Balaban J connectivity index is 2.11. The first kappa shape index (κ1) is 17.1. The van der Waals surface area contributed by atoms with Gasteiger partial charge in [-0.15, -0.1) is 0 Å². The molecule has 0 radical (unpaired) electrons. The Morgan fingerprint density at radius 3 is 2.65 bits per heavy atom. The van der Waals surface area contributed by atoms with Crippen LogP contribution in [0.2, 0.25) is 0 Å². The van der Waals surface area contributed by atoms with Crippen molar-refractivity contribution in [1.82, 2.24) is 10.5 Å². The maximum Gasteiger partial charge on any atom is 0.162 e. The molecule has 1 aromatic heterocycles. The van der Waals surface area contributed by atoms with Crippen molar-refractivity contribution in [2.45, 2.75) is 59.2 Å². The highest BCUT2D eigenvalue weighted by Gasteiger charge is 2.10. The maximum atomic E-state index is 5.48. The fraction of sp³-hybridized carbons (Fsp3) is 0.800. The van der Waals surface area contributed by atoms with E-state index in [1.54, 1.807) is 0 Å². The minimum Gasteiger partial charge on any atom is -0.379 e. The molecule has 0 aliphatic carbocycles. The number of nitrogens with one attached hydrogen (secondary N) is 1. The van der Waals surface area contributed by atoms with Gasteiger partial charge in [0.15, 0.2) is 5.76 Å². The first-order chi connectivity index (χ1) is 9.51. The van der Waals surface area contributed by atoms with Crippen LogP contribution in [0.5, 0.6) is 0 Å². The van der Waals surface area contributed by atoms with Gasteiger partial charge in [-0.3, -0.25) is 0 Å². The molecule has 1 N–H and O–H groups in total. The Bertz CT molecular complexity index is 358. The van der Waals surface area contributed by atoms with E-state index in [-0.39, 0.29) is 5.54 Å². The Morgan fingerprint density at radius 2 is 1.95 bits per heavy atom. The molecule has 0 spiro atoms. The molecule has 0 saturated carbocycles. The van der Waals surface area contributed by atoms with Gasteiger partial charge < -0.3 is 19.3 Å². The number of rotatable bonds is 10. The highest BCUT2D eigenvalue weighted by atomic mass is 16.5. The van der Waals surface area contributed by atoms with Crippen LogP contribution >= 0.6 is 0 Å². The number of unbranched alkanes of at least 4 members (excludes halogenated alkanes) is 1.